The first kappa shape index (κ1) is 14.5. The van der Waals surface area contributed by atoms with Crippen LogP contribution in [0.25, 0.3) is 0 Å². The molecule has 1 aliphatic heterocycles. The third-order valence-corrected chi connectivity index (χ3v) is 4.39. The normalized spacial score (nSPS) is 34.8. The Balaban J connectivity index is 1.73. The molecule has 0 spiro atoms. The van der Waals surface area contributed by atoms with Crippen molar-refractivity contribution in [1.29, 1.82) is 0 Å². The minimum Gasteiger partial charge on any atom is -0.457 e. The van der Waals surface area contributed by atoms with Crippen molar-refractivity contribution in [2.75, 3.05) is 14.2 Å². The Hall–Kier alpha value is -1.43. The molecule has 21 heavy (non-hydrogen) atoms. The number of fused-ring (bicyclic) bond motifs is 2. The predicted octanol–water partition coefficient (Wildman–Crippen LogP) is 1.69. The molecule has 1 saturated heterocycles. The van der Waals surface area contributed by atoms with E-state index in [1.165, 1.54) is 0 Å². The van der Waals surface area contributed by atoms with Crippen LogP contribution in [0.1, 0.15) is 18.4 Å². The standard InChI is InChI=1S/C16H20O5/c1-18-14-12(20-10-11-6-4-3-5-7-11)8-16(19-2)9-13(14)21-15(16)17/h3-7,12-14H,8-10H2,1-2H3/t12-,13-,14-,16+/m1/s1. The number of ether oxygens (including phenoxy) is 4. The van der Waals surface area contributed by atoms with Crippen molar-refractivity contribution < 1.29 is 23.7 Å². The van der Waals surface area contributed by atoms with Crippen molar-refractivity contribution in [1.82, 2.24) is 0 Å². The van der Waals surface area contributed by atoms with E-state index in [-0.39, 0.29) is 24.3 Å². The summed E-state index contributed by atoms with van der Waals surface area (Å²) in [4.78, 5) is 12.0. The molecule has 1 aliphatic carbocycles. The Morgan fingerprint density at radius 1 is 1.24 bits per heavy atom. The molecule has 0 aromatic heterocycles. The lowest BCUT2D eigenvalue weighted by Crippen LogP contribution is -2.51. The number of hydrogen-bond donors (Lipinski definition) is 0. The van der Waals surface area contributed by atoms with Crippen molar-refractivity contribution in [2.45, 2.75) is 43.4 Å². The molecular formula is C16H20O5. The number of esters is 1. The van der Waals surface area contributed by atoms with E-state index in [1.54, 1.807) is 14.2 Å². The number of rotatable bonds is 5. The van der Waals surface area contributed by atoms with Gasteiger partial charge in [-0.1, -0.05) is 30.3 Å². The Morgan fingerprint density at radius 2 is 2.00 bits per heavy atom. The van der Waals surface area contributed by atoms with Gasteiger partial charge >= 0.3 is 5.97 Å². The van der Waals surface area contributed by atoms with E-state index >= 15 is 0 Å². The van der Waals surface area contributed by atoms with E-state index in [2.05, 4.69) is 0 Å². The highest BCUT2D eigenvalue weighted by atomic mass is 16.6. The highest BCUT2D eigenvalue weighted by Crippen LogP contribution is 2.42. The van der Waals surface area contributed by atoms with Crippen LogP contribution in [0.3, 0.4) is 0 Å². The minimum atomic E-state index is -0.874. The van der Waals surface area contributed by atoms with E-state index in [0.29, 0.717) is 19.4 Å². The molecule has 1 saturated carbocycles. The first-order valence-electron chi connectivity index (χ1n) is 7.13. The van der Waals surface area contributed by atoms with E-state index in [0.717, 1.165) is 5.56 Å². The van der Waals surface area contributed by atoms with Crippen molar-refractivity contribution >= 4 is 5.97 Å². The quantitative estimate of drug-likeness (QED) is 0.773. The summed E-state index contributed by atoms with van der Waals surface area (Å²) in [7, 11) is 3.17. The minimum absolute atomic E-state index is 0.222. The van der Waals surface area contributed by atoms with Gasteiger partial charge in [0.25, 0.3) is 0 Å². The third kappa shape index (κ3) is 2.57. The highest BCUT2D eigenvalue weighted by Gasteiger charge is 2.59. The van der Waals surface area contributed by atoms with Crippen molar-refractivity contribution in [2.24, 2.45) is 0 Å². The maximum Gasteiger partial charge on any atom is 0.339 e. The van der Waals surface area contributed by atoms with Gasteiger partial charge in [0.05, 0.1) is 12.7 Å². The summed E-state index contributed by atoms with van der Waals surface area (Å²) >= 11 is 0. The number of carbonyl (C=O) groups is 1. The van der Waals surface area contributed by atoms with Crippen molar-refractivity contribution in [3.8, 4) is 0 Å². The Morgan fingerprint density at radius 3 is 2.67 bits per heavy atom. The van der Waals surface area contributed by atoms with Gasteiger partial charge in [-0.05, 0) is 5.56 Å². The van der Waals surface area contributed by atoms with Crippen molar-refractivity contribution in [3.05, 3.63) is 35.9 Å². The fourth-order valence-electron chi connectivity index (χ4n) is 3.21. The molecule has 1 aromatic carbocycles. The first-order chi connectivity index (χ1) is 10.2. The van der Waals surface area contributed by atoms with Crippen LogP contribution in [0.5, 0.6) is 0 Å². The molecular weight excluding hydrogens is 272 g/mol. The molecule has 2 aliphatic rings. The number of carbonyl (C=O) groups excluding carboxylic acids is 1. The van der Waals surface area contributed by atoms with Crippen LogP contribution >= 0.6 is 0 Å². The number of methoxy groups -OCH3 is 2. The maximum atomic E-state index is 12.0. The number of hydrogen-bond acceptors (Lipinski definition) is 5. The van der Waals surface area contributed by atoms with Crippen LogP contribution in [-0.2, 0) is 30.3 Å². The van der Waals surface area contributed by atoms with Gasteiger partial charge in [-0.2, -0.15) is 0 Å². The summed E-state index contributed by atoms with van der Waals surface area (Å²) < 4.78 is 22.3. The second-order valence-corrected chi connectivity index (χ2v) is 5.59. The summed E-state index contributed by atoms with van der Waals surface area (Å²) in [6.07, 6.45) is 0.233. The van der Waals surface area contributed by atoms with Crippen LogP contribution < -0.4 is 0 Å². The fourth-order valence-corrected chi connectivity index (χ4v) is 3.21. The SMILES string of the molecule is CO[C@@H]1[C@H](OCc2ccccc2)C[C@]2(OC)C[C@H]1OC2=O. The van der Waals surface area contributed by atoms with Gasteiger partial charge in [-0.25, -0.2) is 4.79 Å². The molecule has 5 heteroatoms. The lowest BCUT2D eigenvalue weighted by atomic mass is 9.82. The zero-order chi connectivity index (χ0) is 14.9. The molecule has 0 unspecified atom stereocenters. The van der Waals surface area contributed by atoms with Gasteiger partial charge in [-0.3, -0.25) is 0 Å². The molecule has 5 nitrogen and oxygen atoms in total. The largest absolute Gasteiger partial charge is 0.457 e. The monoisotopic (exact) mass is 292 g/mol. The Kier molecular flexibility index (Phi) is 3.97. The highest BCUT2D eigenvalue weighted by molar-refractivity contribution is 5.82. The van der Waals surface area contributed by atoms with E-state index in [9.17, 15) is 4.79 Å². The van der Waals surface area contributed by atoms with E-state index in [4.69, 9.17) is 18.9 Å². The summed E-state index contributed by atoms with van der Waals surface area (Å²) in [5.41, 5.74) is 0.213. The maximum absolute atomic E-state index is 12.0. The average molecular weight is 292 g/mol. The van der Waals surface area contributed by atoms with Crippen LogP contribution in [0.2, 0.25) is 0 Å². The zero-order valence-corrected chi connectivity index (χ0v) is 12.3. The summed E-state index contributed by atoms with van der Waals surface area (Å²) in [6, 6.07) is 9.93. The smallest absolute Gasteiger partial charge is 0.339 e. The molecule has 0 amide bonds. The topological polar surface area (TPSA) is 54.0 Å². The van der Waals surface area contributed by atoms with Crippen LogP contribution in [0.4, 0.5) is 0 Å². The molecule has 3 rings (SSSR count). The summed E-state index contributed by atoms with van der Waals surface area (Å²) in [5.74, 6) is -0.303. The summed E-state index contributed by atoms with van der Waals surface area (Å²) in [5, 5.41) is 0. The van der Waals surface area contributed by atoms with E-state index in [1.807, 2.05) is 30.3 Å². The van der Waals surface area contributed by atoms with Gasteiger partial charge in [-0.15, -0.1) is 0 Å². The van der Waals surface area contributed by atoms with Gasteiger partial charge in [0.1, 0.15) is 12.2 Å². The molecule has 0 radical (unpaired) electrons. The molecule has 1 aromatic rings. The van der Waals surface area contributed by atoms with Crippen LogP contribution in [0, 0.1) is 0 Å². The summed E-state index contributed by atoms with van der Waals surface area (Å²) in [6.45, 7) is 0.478. The van der Waals surface area contributed by atoms with E-state index < -0.39 is 5.60 Å². The zero-order valence-electron chi connectivity index (χ0n) is 12.3. The van der Waals surface area contributed by atoms with Gasteiger partial charge in [0.15, 0.2) is 5.60 Å². The average Bonchev–Trinajstić information content (AvgIpc) is 2.79. The molecule has 114 valence electrons. The van der Waals surface area contributed by atoms with Crippen LogP contribution in [-0.4, -0.2) is 44.1 Å². The fraction of sp³-hybridized carbons (Fsp3) is 0.562. The van der Waals surface area contributed by atoms with Crippen LogP contribution in [0.15, 0.2) is 30.3 Å². The second kappa shape index (κ2) is 5.75. The first-order valence-corrected chi connectivity index (χ1v) is 7.13. The molecule has 0 N–H and O–H groups in total. The Bertz CT molecular complexity index is 503. The number of benzene rings is 1. The Labute approximate surface area is 124 Å². The lowest BCUT2D eigenvalue weighted by Gasteiger charge is -2.37. The van der Waals surface area contributed by atoms with Gasteiger partial charge < -0.3 is 18.9 Å². The molecule has 2 bridgehead atoms. The predicted molar refractivity (Wildman–Crippen MR) is 74.7 cm³/mol. The second-order valence-electron chi connectivity index (χ2n) is 5.59. The lowest BCUT2D eigenvalue weighted by molar-refractivity contribution is -0.158. The third-order valence-electron chi connectivity index (χ3n) is 4.39. The molecule has 2 fully saturated rings. The van der Waals surface area contributed by atoms with Crippen molar-refractivity contribution in [3.63, 3.8) is 0 Å². The molecule has 1 heterocycles. The van der Waals surface area contributed by atoms with Gasteiger partial charge in [0.2, 0.25) is 0 Å². The van der Waals surface area contributed by atoms with Gasteiger partial charge in [0, 0.05) is 27.1 Å². The molecule has 4 atom stereocenters.